The van der Waals surface area contributed by atoms with Crippen molar-refractivity contribution < 1.29 is 9.53 Å². The van der Waals surface area contributed by atoms with Crippen LogP contribution in [0.15, 0.2) is 0 Å². The van der Waals surface area contributed by atoms with E-state index in [0.29, 0.717) is 23.9 Å². The Kier molecular flexibility index (Phi) is 1.13. The molecule has 3 fully saturated rings. The molecular formula is C10H14O2. The molecule has 12 heavy (non-hydrogen) atoms. The summed E-state index contributed by atoms with van der Waals surface area (Å²) < 4.78 is 5.55. The van der Waals surface area contributed by atoms with Gasteiger partial charge in [-0.25, -0.2) is 0 Å². The second-order valence-corrected chi connectivity index (χ2v) is 4.66. The Balaban J connectivity index is 1.96. The van der Waals surface area contributed by atoms with Gasteiger partial charge in [0.05, 0.1) is 12.2 Å². The average molecular weight is 166 g/mol. The van der Waals surface area contributed by atoms with Crippen molar-refractivity contribution >= 4 is 5.78 Å². The number of fused-ring (bicyclic) bond motifs is 3. The van der Waals surface area contributed by atoms with Crippen LogP contribution < -0.4 is 0 Å². The lowest BCUT2D eigenvalue weighted by Gasteiger charge is -2.31. The molecule has 0 bridgehead atoms. The molecule has 66 valence electrons. The van der Waals surface area contributed by atoms with E-state index in [9.17, 15) is 4.79 Å². The van der Waals surface area contributed by atoms with E-state index in [4.69, 9.17) is 4.74 Å². The number of Topliss-reactive ketones (excluding diaryl/α,β-unsaturated/α-hetero) is 1. The van der Waals surface area contributed by atoms with Gasteiger partial charge in [0.25, 0.3) is 0 Å². The first-order chi connectivity index (χ1) is 5.72. The molecule has 0 aromatic carbocycles. The van der Waals surface area contributed by atoms with Crippen molar-refractivity contribution in [3.8, 4) is 0 Å². The summed E-state index contributed by atoms with van der Waals surface area (Å²) in [5.74, 6) is 1.05. The molecule has 2 heteroatoms. The van der Waals surface area contributed by atoms with Crippen molar-refractivity contribution in [1.82, 2.24) is 0 Å². The van der Waals surface area contributed by atoms with E-state index >= 15 is 0 Å². The highest BCUT2D eigenvalue weighted by Crippen LogP contribution is 2.56. The Morgan fingerprint density at radius 1 is 1.50 bits per heavy atom. The van der Waals surface area contributed by atoms with Gasteiger partial charge in [0, 0.05) is 17.8 Å². The number of hydrogen-bond donors (Lipinski definition) is 0. The zero-order chi connectivity index (χ0) is 8.34. The predicted molar refractivity (Wildman–Crippen MR) is 43.7 cm³/mol. The summed E-state index contributed by atoms with van der Waals surface area (Å²) in [6, 6.07) is 0. The molecule has 2 aliphatic carbocycles. The molecule has 0 spiro atoms. The molecule has 2 saturated carbocycles. The highest BCUT2D eigenvalue weighted by Gasteiger charge is 2.60. The summed E-state index contributed by atoms with van der Waals surface area (Å²) in [6.07, 6.45) is 5.04. The largest absolute Gasteiger partial charge is 0.369 e. The number of rotatable bonds is 0. The van der Waals surface area contributed by atoms with Crippen molar-refractivity contribution in [3.63, 3.8) is 0 Å². The van der Waals surface area contributed by atoms with Crippen LogP contribution in [0.25, 0.3) is 0 Å². The highest BCUT2D eigenvalue weighted by molar-refractivity contribution is 5.87. The van der Waals surface area contributed by atoms with E-state index in [-0.39, 0.29) is 5.41 Å². The molecule has 3 rings (SSSR count). The van der Waals surface area contributed by atoms with Gasteiger partial charge in [-0.15, -0.1) is 0 Å². The van der Waals surface area contributed by atoms with Gasteiger partial charge in [0.2, 0.25) is 0 Å². The van der Waals surface area contributed by atoms with Crippen molar-refractivity contribution in [3.05, 3.63) is 0 Å². The van der Waals surface area contributed by atoms with Crippen LogP contribution in [0, 0.1) is 11.3 Å². The Morgan fingerprint density at radius 3 is 3.17 bits per heavy atom. The van der Waals surface area contributed by atoms with Crippen molar-refractivity contribution in [2.24, 2.45) is 11.3 Å². The first-order valence-electron chi connectivity index (χ1n) is 4.90. The molecule has 0 radical (unpaired) electrons. The lowest BCUT2D eigenvalue weighted by atomic mass is 9.69. The minimum atomic E-state index is -0.00231. The smallest absolute Gasteiger partial charge is 0.139 e. The van der Waals surface area contributed by atoms with Crippen LogP contribution in [0.2, 0.25) is 0 Å². The summed E-state index contributed by atoms with van der Waals surface area (Å²) in [6.45, 7) is 2.14. The quantitative estimate of drug-likeness (QED) is 0.511. The van der Waals surface area contributed by atoms with Crippen molar-refractivity contribution in [2.45, 2.75) is 44.8 Å². The molecule has 4 atom stereocenters. The van der Waals surface area contributed by atoms with E-state index in [1.807, 2.05) is 0 Å². The van der Waals surface area contributed by atoms with Gasteiger partial charge in [-0.05, 0) is 19.3 Å². The predicted octanol–water partition coefficient (Wildman–Crippen LogP) is 1.53. The van der Waals surface area contributed by atoms with Crippen LogP contribution in [0.1, 0.15) is 32.6 Å². The molecule has 0 aromatic heterocycles. The third-order valence-corrected chi connectivity index (χ3v) is 4.10. The zero-order valence-electron chi connectivity index (χ0n) is 7.38. The third kappa shape index (κ3) is 0.674. The summed E-state index contributed by atoms with van der Waals surface area (Å²) in [7, 11) is 0. The monoisotopic (exact) mass is 166 g/mol. The second-order valence-electron chi connectivity index (χ2n) is 4.66. The van der Waals surface area contributed by atoms with Gasteiger partial charge in [-0.1, -0.05) is 6.92 Å². The molecule has 1 heterocycles. The van der Waals surface area contributed by atoms with E-state index in [1.165, 1.54) is 0 Å². The van der Waals surface area contributed by atoms with Gasteiger partial charge >= 0.3 is 0 Å². The summed E-state index contributed by atoms with van der Waals surface area (Å²) in [5, 5.41) is 0. The normalized spacial score (nSPS) is 56.4. The van der Waals surface area contributed by atoms with E-state index < -0.39 is 0 Å². The minimum absolute atomic E-state index is 0.00231. The topological polar surface area (TPSA) is 29.6 Å². The molecule has 1 unspecified atom stereocenters. The van der Waals surface area contributed by atoms with Gasteiger partial charge in [-0.2, -0.15) is 0 Å². The van der Waals surface area contributed by atoms with Gasteiger partial charge in [0.1, 0.15) is 5.78 Å². The van der Waals surface area contributed by atoms with Crippen LogP contribution in [0.3, 0.4) is 0 Å². The Morgan fingerprint density at radius 2 is 2.33 bits per heavy atom. The Hall–Kier alpha value is -0.370. The number of carbonyl (C=O) groups excluding carboxylic acids is 1. The summed E-state index contributed by atoms with van der Waals surface area (Å²) >= 11 is 0. The Labute approximate surface area is 72.3 Å². The molecule has 1 saturated heterocycles. The fourth-order valence-electron chi connectivity index (χ4n) is 3.13. The molecule has 0 aromatic rings. The molecule has 0 N–H and O–H groups in total. The number of hydrogen-bond acceptors (Lipinski definition) is 2. The average Bonchev–Trinajstić information content (AvgIpc) is 2.76. The van der Waals surface area contributed by atoms with Crippen molar-refractivity contribution in [2.75, 3.05) is 0 Å². The third-order valence-electron chi connectivity index (χ3n) is 4.10. The maximum atomic E-state index is 11.6. The Bertz CT molecular complexity index is 248. The summed E-state index contributed by atoms with van der Waals surface area (Å²) in [5.41, 5.74) is -0.00231. The van der Waals surface area contributed by atoms with E-state index in [1.54, 1.807) is 0 Å². The standard InChI is InChI=1S/C10H14O2/c1-10-5-4-7-9(12-7)6(10)2-3-8(10)11/h6-7,9H,2-5H2,1H3/t6-,7-,9?,10-/m0/s1. The van der Waals surface area contributed by atoms with Crippen LogP contribution in [-0.2, 0) is 9.53 Å². The first kappa shape index (κ1) is 7.07. The van der Waals surface area contributed by atoms with E-state index in [2.05, 4.69) is 6.92 Å². The lowest BCUT2D eigenvalue weighted by molar-refractivity contribution is -0.127. The van der Waals surface area contributed by atoms with Crippen LogP contribution in [0.4, 0.5) is 0 Å². The molecule has 3 aliphatic rings. The number of ketones is 1. The minimum Gasteiger partial charge on any atom is -0.369 e. The molecule has 1 aliphatic heterocycles. The van der Waals surface area contributed by atoms with Gasteiger partial charge in [0.15, 0.2) is 0 Å². The molecular weight excluding hydrogens is 152 g/mol. The number of ether oxygens (including phenoxy) is 1. The molecule has 2 nitrogen and oxygen atoms in total. The van der Waals surface area contributed by atoms with Crippen molar-refractivity contribution in [1.29, 1.82) is 0 Å². The zero-order valence-corrected chi connectivity index (χ0v) is 7.38. The maximum Gasteiger partial charge on any atom is 0.139 e. The van der Waals surface area contributed by atoms with E-state index in [0.717, 1.165) is 25.7 Å². The fraction of sp³-hybridized carbons (Fsp3) is 0.900. The lowest BCUT2D eigenvalue weighted by Crippen LogP contribution is -2.36. The van der Waals surface area contributed by atoms with Crippen LogP contribution in [0.5, 0.6) is 0 Å². The summed E-state index contributed by atoms with van der Waals surface area (Å²) in [4.78, 5) is 11.6. The van der Waals surface area contributed by atoms with Gasteiger partial charge in [-0.3, -0.25) is 4.79 Å². The molecule has 0 amide bonds. The number of epoxide rings is 1. The SMILES string of the molecule is C[C@]12CC[C@@H]3OC3[C@@H]1CCC2=O. The fourth-order valence-corrected chi connectivity index (χ4v) is 3.13. The number of carbonyl (C=O) groups is 1. The second kappa shape index (κ2) is 1.92. The highest BCUT2D eigenvalue weighted by atomic mass is 16.6. The van der Waals surface area contributed by atoms with Gasteiger partial charge < -0.3 is 4.74 Å². The first-order valence-corrected chi connectivity index (χ1v) is 4.90. The van der Waals surface area contributed by atoms with Crippen LogP contribution >= 0.6 is 0 Å². The van der Waals surface area contributed by atoms with Crippen LogP contribution in [-0.4, -0.2) is 18.0 Å². The maximum absolute atomic E-state index is 11.6.